The van der Waals surface area contributed by atoms with Gasteiger partial charge in [0.1, 0.15) is 9.96 Å². The first-order valence-corrected chi connectivity index (χ1v) is 9.59. The van der Waals surface area contributed by atoms with Crippen molar-refractivity contribution >= 4 is 32.8 Å². The number of ether oxygens (including phenoxy) is 1. The van der Waals surface area contributed by atoms with Crippen LogP contribution in [0.4, 0.5) is 5.69 Å². The maximum Gasteiger partial charge on any atom is 0.193 e. The van der Waals surface area contributed by atoms with E-state index >= 15 is 0 Å². The molecule has 2 rings (SSSR count). The summed E-state index contributed by atoms with van der Waals surface area (Å²) in [5.74, 6) is 0.408. The van der Waals surface area contributed by atoms with Gasteiger partial charge in [0.2, 0.25) is 0 Å². The lowest BCUT2D eigenvalue weighted by Crippen LogP contribution is -2.28. The van der Waals surface area contributed by atoms with Gasteiger partial charge in [0.05, 0.1) is 25.5 Å². The molecule has 24 heavy (non-hydrogen) atoms. The molecule has 0 spiro atoms. The number of guanidine groups is 1. The van der Waals surface area contributed by atoms with Crippen molar-refractivity contribution in [2.45, 2.75) is 10.3 Å². The van der Waals surface area contributed by atoms with Gasteiger partial charge < -0.3 is 20.9 Å². The number of rotatable bonds is 7. The van der Waals surface area contributed by atoms with Crippen LogP contribution < -0.4 is 15.8 Å². The number of aliphatic hydroxyl groups excluding tert-OH is 1. The second-order valence-electron chi connectivity index (χ2n) is 4.95. The Morgan fingerprint density at radius 1 is 1.38 bits per heavy atom. The van der Waals surface area contributed by atoms with Crippen LogP contribution in [0.25, 0.3) is 0 Å². The van der Waals surface area contributed by atoms with E-state index in [4.69, 9.17) is 10.5 Å². The maximum atomic E-state index is 12.0. The molecule has 1 aromatic heterocycles. The number of sulfone groups is 1. The summed E-state index contributed by atoms with van der Waals surface area (Å²) >= 11 is 1.12. The molecular formula is C15H19N3O4S2. The van der Waals surface area contributed by atoms with Crippen LogP contribution in [0, 0.1) is 0 Å². The zero-order valence-corrected chi connectivity index (χ0v) is 14.7. The molecule has 1 aromatic carbocycles. The summed E-state index contributed by atoms with van der Waals surface area (Å²) in [5.41, 5.74) is 6.44. The van der Waals surface area contributed by atoms with Crippen LogP contribution in [0.1, 0.15) is 0 Å². The Morgan fingerprint density at radius 3 is 2.67 bits per heavy atom. The average molecular weight is 369 g/mol. The van der Waals surface area contributed by atoms with Gasteiger partial charge in [0.15, 0.2) is 15.8 Å². The molecule has 0 bridgehead atoms. The normalized spacial score (nSPS) is 13.5. The van der Waals surface area contributed by atoms with Gasteiger partial charge in [-0.3, -0.25) is 4.99 Å². The molecule has 0 aliphatic rings. The molecule has 0 saturated heterocycles. The second kappa shape index (κ2) is 8.13. The summed E-state index contributed by atoms with van der Waals surface area (Å²) in [6.45, 7) is -0.112. The lowest BCUT2D eigenvalue weighted by Gasteiger charge is -2.10. The van der Waals surface area contributed by atoms with E-state index in [1.807, 2.05) is 0 Å². The van der Waals surface area contributed by atoms with Gasteiger partial charge in [-0.25, -0.2) is 8.42 Å². The number of benzene rings is 1. The van der Waals surface area contributed by atoms with Gasteiger partial charge >= 0.3 is 0 Å². The lowest BCUT2D eigenvalue weighted by molar-refractivity contribution is 0.206. The predicted molar refractivity (Wildman–Crippen MR) is 95.5 cm³/mol. The fourth-order valence-electron chi connectivity index (χ4n) is 1.89. The van der Waals surface area contributed by atoms with E-state index < -0.39 is 21.7 Å². The quantitative estimate of drug-likeness (QED) is 0.501. The standard InChI is InChI=1S/C15H19N3O4S2/c1-22-13-6-4-11(5-7-13)18-15(16)17-9-12(19)10-24(20,21)14-3-2-8-23-14/h2-8,12,19H,9-10H2,1H3,(H3,16,17,18). The van der Waals surface area contributed by atoms with E-state index in [9.17, 15) is 13.5 Å². The van der Waals surface area contributed by atoms with Gasteiger partial charge in [-0.1, -0.05) is 6.07 Å². The van der Waals surface area contributed by atoms with Crippen molar-refractivity contribution in [3.05, 3.63) is 41.8 Å². The van der Waals surface area contributed by atoms with E-state index in [0.717, 1.165) is 11.3 Å². The fraction of sp³-hybridized carbons (Fsp3) is 0.267. The van der Waals surface area contributed by atoms with Crippen LogP contribution in [0.3, 0.4) is 0 Å². The van der Waals surface area contributed by atoms with Gasteiger partial charge in [0, 0.05) is 5.69 Å². The van der Waals surface area contributed by atoms with Crippen molar-refractivity contribution in [1.82, 2.24) is 0 Å². The van der Waals surface area contributed by atoms with Gasteiger partial charge in [-0.05, 0) is 35.7 Å². The first-order valence-electron chi connectivity index (χ1n) is 7.06. The van der Waals surface area contributed by atoms with E-state index in [-0.39, 0.29) is 16.7 Å². The number of hydrogen-bond donors (Lipinski definition) is 3. The van der Waals surface area contributed by atoms with Crippen molar-refractivity contribution in [1.29, 1.82) is 0 Å². The highest BCUT2D eigenvalue weighted by molar-refractivity contribution is 7.93. The minimum Gasteiger partial charge on any atom is -0.497 e. The molecule has 0 radical (unpaired) electrons. The Morgan fingerprint density at radius 2 is 2.08 bits per heavy atom. The zero-order chi connectivity index (χ0) is 17.6. The summed E-state index contributed by atoms with van der Waals surface area (Å²) in [4.78, 5) is 3.97. The molecular weight excluding hydrogens is 350 g/mol. The van der Waals surface area contributed by atoms with E-state index in [1.165, 1.54) is 6.07 Å². The Balaban J connectivity index is 1.89. The topological polar surface area (TPSA) is 114 Å². The highest BCUT2D eigenvalue weighted by atomic mass is 32.2. The summed E-state index contributed by atoms with van der Waals surface area (Å²) in [6, 6.07) is 10.2. The molecule has 9 heteroatoms. The molecule has 0 fully saturated rings. The number of hydrogen-bond acceptors (Lipinski definition) is 6. The first-order chi connectivity index (χ1) is 11.4. The van der Waals surface area contributed by atoms with Gasteiger partial charge in [0.25, 0.3) is 0 Å². The Hall–Kier alpha value is -2.10. The number of nitrogens with two attached hydrogens (primary N) is 1. The maximum absolute atomic E-state index is 12.0. The molecule has 0 saturated carbocycles. The number of nitrogens with zero attached hydrogens (tertiary/aromatic N) is 1. The van der Waals surface area contributed by atoms with Crippen molar-refractivity contribution < 1.29 is 18.3 Å². The third kappa shape index (κ3) is 5.22. The molecule has 0 aliphatic carbocycles. The van der Waals surface area contributed by atoms with Crippen LogP contribution in [0.5, 0.6) is 5.75 Å². The third-order valence-electron chi connectivity index (χ3n) is 3.05. The predicted octanol–water partition coefficient (Wildman–Crippen LogP) is 1.32. The molecule has 2 aromatic rings. The zero-order valence-electron chi connectivity index (χ0n) is 13.0. The highest BCUT2D eigenvalue weighted by Crippen LogP contribution is 2.18. The fourth-order valence-corrected chi connectivity index (χ4v) is 4.36. The third-order valence-corrected chi connectivity index (χ3v) is 6.33. The van der Waals surface area contributed by atoms with Crippen molar-refractivity contribution in [2.24, 2.45) is 10.7 Å². The largest absolute Gasteiger partial charge is 0.497 e. The SMILES string of the molecule is COc1ccc(NC(N)=NCC(O)CS(=O)(=O)c2cccs2)cc1. The summed E-state index contributed by atoms with van der Waals surface area (Å²) < 4.78 is 29.4. The highest BCUT2D eigenvalue weighted by Gasteiger charge is 2.20. The summed E-state index contributed by atoms with van der Waals surface area (Å²) in [5, 5.41) is 14.4. The number of anilines is 1. The second-order valence-corrected chi connectivity index (χ2v) is 8.16. The number of aliphatic hydroxyl groups is 1. The minimum absolute atomic E-state index is 0.0905. The minimum atomic E-state index is -3.51. The van der Waals surface area contributed by atoms with E-state index in [2.05, 4.69) is 10.3 Å². The van der Waals surface area contributed by atoms with E-state index in [0.29, 0.717) is 11.4 Å². The molecule has 0 amide bonds. The molecule has 7 nitrogen and oxygen atoms in total. The molecule has 1 heterocycles. The smallest absolute Gasteiger partial charge is 0.193 e. The monoisotopic (exact) mass is 369 g/mol. The number of methoxy groups -OCH3 is 1. The molecule has 1 atom stereocenters. The van der Waals surface area contributed by atoms with Crippen LogP contribution in [-0.2, 0) is 9.84 Å². The van der Waals surface area contributed by atoms with E-state index in [1.54, 1.807) is 42.8 Å². The Bertz CT molecular complexity index is 772. The molecule has 4 N–H and O–H groups in total. The summed E-state index contributed by atoms with van der Waals surface area (Å²) in [6.07, 6.45) is -1.13. The van der Waals surface area contributed by atoms with Gasteiger partial charge in [-0.15, -0.1) is 11.3 Å². The Labute approximate surface area is 144 Å². The van der Waals surface area contributed by atoms with Gasteiger partial charge in [-0.2, -0.15) is 0 Å². The first kappa shape index (κ1) is 18.2. The van der Waals surface area contributed by atoms with Crippen molar-refractivity contribution in [3.8, 4) is 5.75 Å². The van der Waals surface area contributed by atoms with Crippen LogP contribution in [-0.4, -0.2) is 45.0 Å². The van der Waals surface area contributed by atoms with Crippen LogP contribution in [0.15, 0.2) is 51.0 Å². The Kier molecular flexibility index (Phi) is 6.18. The molecule has 1 unspecified atom stereocenters. The number of nitrogens with one attached hydrogen (secondary N) is 1. The van der Waals surface area contributed by atoms with Crippen LogP contribution in [0.2, 0.25) is 0 Å². The molecule has 130 valence electrons. The average Bonchev–Trinajstić information content (AvgIpc) is 3.09. The number of aliphatic imine (C=N–C) groups is 1. The van der Waals surface area contributed by atoms with Crippen molar-refractivity contribution in [2.75, 3.05) is 24.7 Å². The van der Waals surface area contributed by atoms with Crippen molar-refractivity contribution in [3.63, 3.8) is 0 Å². The number of thiophene rings is 1. The molecule has 0 aliphatic heterocycles. The summed E-state index contributed by atoms with van der Waals surface area (Å²) in [7, 11) is -1.93. The lowest BCUT2D eigenvalue weighted by atomic mass is 10.3. The van der Waals surface area contributed by atoms with Crippen LogP contribution >= 0.6 is 11.3 Å².